The van der Waals surface area contributed by atoms with Gasteiger partial charge in [-0.15, -0.1) is 11.3 Å². The van der Waals surface area contributed by atoms with Gasteiger partial charge in [-0.25, -0.2) is 0 Å². The number of amides is 2. The summed E-state index contributed by atoms with van der Waals surface area (Å²) in [5.41, 5.74) is 1.75. The number of pyridine rings is 2. The number of carbonyl (C=O) groups is 2. The van der Waals surface area contributed by atoms with Gasteiger partial charge in [-0.05, 0) is 41.3 Å². The van der Waals surface area contributed by atoms with Gasteiger partial charge >= 0.3 is 0 Å². The third-order valence-electron chi connectivity index (χ3n) is 4.66. The number of rotatable bonds is 7. The lowest BCUT2D eigenvalue weighted by Crippen LogP contribution is -2.43. The molecule has 1 atom stereocenters. The van der Waals surface area contributed by atoms with Crippen LogP contribution < -0.4 is 10.2 Å². The Hall–Kier alpha value is -3.84. The average Bonchev–Trinajstić information content (AvgIpc) is 3.37. The van der Waals surface area contributed by atoms with Crippen molar-refractivity contribution in [2.45, 2.75) is 12.6 Å². The quantitative estimate of drug-likeness (QED) is 0.478. The standard InChI is InChI=1S/C24H20N4O2S/c29-23(27-16-18-8-2-1-3-9-18)22(21-12-7-15-31-21)28(19-10-6-13-25-17-19)24(30)20-11-4-5-14-26-20/h1-15,17,22H,16H2,(H,27,29). The highest BCUT2D eigenvalue weighted by molar-refractivity contribution is 7.10. The van der Waals surface area contributed by atoms with E-state index in [1.54, 1.807) is 48.9 Å². The van der Waals surface area contributed by atoms with Gasteiger partial charge in [-0.1, -0.05) is 42.5 Å². The molecule has 6 nitrogen and oxygen atoms in total. The van der Waals surface area contributed by atoms with Crippen molar-refractivity contribution >= 4 is 28.8 Å². The number of thiophene rings is 1. The maximum absolute atomic E-state index is 13.5. The van der Waals surface area contributed by atoms with E-state index in [2.05, 4.69) is 15.3 Å². The first-order chi connectivity index (χ1) is 15.2. The Morgan fingerprint density at radius 2 is 1.77 bits per heavy atom. The van der Waals surface area contributed by atoms with Crippen molar-refractivity contribution in [1.29, 1.82) is 0 Å². The molecule has 3 heterocycles. The predicted octanol–water partition coefficient (Wildman–Crippen LogP) is 4.24. The first-order valence-corrected chi connectivity index (χ1v) is 10.6. The summed E-state index contributed by atoms with van der Waals surface area (Å²) in [6.45, 7) is 0.361. The lowest BCUT2D eigenvalue weighted by Gasteiger charge is -2.30. The van der Waals surface area contributed by atoms with Crippen molar-refractivity contribution in [3.63, 3.8) is 0 Å². The Balaban J connectivity index is 1.72. The molecule has 0 aliphatic heterocycles. The van der Waals surface area contributed by atoms with Crippen molar-refractivity contribution in [3.8, 4) is 0 Å². The fourth-order valence-corrected chi connectivity index (χ4v) is 4.01. The molecule has 2 amide bonds. The molecule has 7 heteroatoms. The second-order valence-corrected chi connectivity index (χ2v) is 7.70. The second-order valence-electron chi connectivity index (χ2n) is 6.72. The predicted molar refractivity (Wildman–Crippen MR) is 121 cm³/mol. The van der Waals surface area contributed by atoms with Crippen LogP contribution in [0.4, 0.5) is 5.69 Å². The lowest BCUT2D eigenvalue weighted by molar-refractivity contribution is -0.122. The summed E-state index contributed by atoms with van der Waals surface area (Å²) < 4.78 is 0. The molecule has 0 aliphatic carbocycles. The highest BCUT2D eigenvalue weighted by Crippen LogP contribution is 2.31. The first kappa shape index (κ1) is 20.4. The van der Waals surface area contributed by atoms with Crippen LogP contribution in [0.15, 0.2) is 96.8 Å². The molecule has 31 heavy (non-hydrogen) atoms. The lowest BCUT2D eigenvalue weighted by atomic mass is 10.1. The molecule has 0 saturated heterocycles. The fraction of sp³-hybridized carbons (Fsp3) is 0.0833. The van der Waals surface area contributed by atoms with E-state index >= 15 is 0 Å². The van der Waals surface area contributed by atoms with E-state index in [9.17, 15) is 9.59 Å². The normalized spacial score (nSPS) is 11.5. The van der Waals surface area contributed by atoms with Crippen molar-refractivity contribution in [2.75, 3.05) is 4.90 Å². The molecule has 0 fully saturated rings. The van der Waals surface area contributed by atoms with E-state index in [0.717, 1.165) is 10.4 Å². The van der Waals surface area contributed by atoms with Gasteiger partial charge in [0, 0.05) is 23.8 Å². The van der Waals surface area contributed by atoms with Crippen LogP contribution in [-0.4, -0.2) is 21.8 Å². The molecular formula is C24H20N4O2S. The minimum atomic E-state index is -0.859. The van der Waals surface area contributed by atoms with Crippen molar-refractivity contribution in [2.24, 2.45) is 0 Å². The Morgan fingerprint density at radius 1 is 0.935 bits per heavy atom. The van der Waals surface area contributed by atoms with Gasteiger partial charge in [0.25, 0.3) is 5.91 Å². The van der Waals surface area contributed by atoms with Gasteiger partial charge in [0.05, 0.1) is 11.9 Å². The van der Waals surface area contributed by atoms with Gasteiger partial charge < -0.3 is 5.32 Å². The third kappa shape index (κ3) is 4.84. The number of carbonyl (C=O) groups excluding carboxylic acids is 2. The molecule has 1 unspecified atom stereocenters. The molecule has 0 radical (unpaired) electrons. The summed E-state index contributed by atoms with van der Waals surface area (Å²) in [4.78, 5) is 37.5. The molecule has 4 aromatic rings. The van der Waals surface area contributed by atoms with Gasteiger partial charge in [-0.2, -0.15) is 0 Å². The zero-order valence-electron chi connectivity index (χ0n) is 16.6. The monoisotopic (exact) mass is 428 g/mol. The number of hydrogen-bond donors (Lipinski definition) is 1. The number of benzene rings is 1. The van der Waals surface area contributed by atoms with Gasteiger partial charge in [0.15, 0.2) is 6.04 Å². The van der Waals surface area contributed by atoms with Crippen LogP contribution in [0, 0.1) is 0 Å². The van der Waals surface area contributed by atoms with E-state index in [1.807, 2.05) is 47.8 Å². The summed E-state index contributed by atoms with van der Waals surface area (Å²) >= 11 is 1.42. The molecule has 0 aliphatic rings. The number of anilines is 1. The van der Waals surface area contributed by atoms with Gasteiger partial charge in [0.1, 0.15) is 5.69 Å². The largest absolute Gasteiger partial charge is 0.350 e. The Labute approximate surface area is 184 Å². The van der Waals surface area contributed by atoms with E-state index in [0.29, 0.717) is 12.2 Å². The first-order valence-electron chi connectivity index (χ1n) is 9.73. The average molecular weight is 429 g/mol. The number of aromatic nitrogens is 2. The van der Waals surface area contributed by atoms with Gasteiger partial charge in [0.2, 0.25) is 5.91 Å². The topological polar surface area (TPSA) is 75.2 Å². The van der Waals surface area contributed by atoms with E-state index in [4.69, 9.17) is 0 Å². The maximum atomic E-state index is 13.5. The van der Waals surface area contributed by atoms with Crippen molar-refractivity contribution in [1.82, 2.24) is 15.3 Å². The third-order valence-corrected chi connectivity index (χ3v) is 5.58. The van der Waals surface area contributed by atoms with Crippen molar-refractivity contribution in [3.05, 3.63) is 113 Å². The number of nitrogens with one attached hydrogen (secondary N) is 1. The van der Waals surface area contributed by atoms with E-state index < -0.39 is 6.04 Å². The SMILES string of the molecule is O=C(NCc1ccccc1)C(c1cccs1)N(C(=O)c1ccccn1)c1cccnc1. The summed E-state index contributed by atoms with van der Waals surface area (Å²) in [6, 6.07) is 21.1. The zero-order valence-corrected chi connectivity index (χ0v) is 17.4. The van der Waals surface area contributed by atoms with Crippen LogP contribution in [-0.2, 0) is 11.3 Å². The Bertz CT molecular complexity index is 1120. The molecule has 0 spiro atoms. The summed E-state index contributed by atoms with van der Waals surface area (Å²) in [5.74, 6) is -0.652. The Morgan fingerprint density at radius 3 is 2.45 bits per heavy atom. The zero-order chi connectivity index (χ0) is 21.5. The van der Waals surface area contributed by atoms with E-state index in [1.165, 1.54) is 16.2 Å². The molecule has 0 bridgehead atoms. The maximum Gasteiger partial charge on any atom is 0.277 e. The van der Waals surface area contributed by atoms with Crippen LogP contribution in [0.2, 0.25) is 0 Å². The smallest absolute Gasteiger partial charge is 0.277 e. The number of hydrogen-bond acceptors (Lipinski definition) is 5. The van der Waals surface area contributed by atoms with Crippen LogP contribution in [0.1, 0.15) is 27.0 Å². The second kappa shape index (κ2) is 9.77. The van der Waals surface area contributed by atoms with Crippen LogP contribution in [0.3, 0.4) is 0 Å². The highest BCUT2D eigenvalue weighted by atomic mass is 32.1. The molecule has 1 N–H and O–H groups in total. The minimum Gasteiger partial charge on any atom is -0.350 e. The highest BCUT2D eigenvalue weighted by Gasteiger charge is 2.34. The van der Waals surface area contributed by atoms with Crippen LogP contribution in [0.25, 0.3) is 0 Å². The molecule has 1 aromatic carbocycles. The molecular weight excluding hydrogens is 408 g/mol. The van der Waals surface area contributed by atoms with E-state index in [-0.39, 0.29) is 17.5 Å². The molecule has 4 rings (SSSR count). The van der Waals surface area contributed by atoms with Gasteiger partial charge in [-0.3, -0.25) is 24.5 Å². The molecule has 3 aromatic heterocycles. The Kier molecular flexibility index (Phi) is 6.44. The van der Waals surface area contributed by atoms with Crippen LogP contribution in [0.5, 0.6) is 0 Å². The van der Waals surface area contributed by atoms with Crippen LogP contribution >= 0.6 is 11.3 Å². The molecule has 154 valence electrons. The summed E-state index contributed by atoms with van der Waals surface area (Å²) in [7, 11) is 0. The fourth-order valence-electron chi connectivity index (χ4n) is 3.19. The summed E-state index contributed by atoms with van der Waals surface area (Å²) in [6.07, 6.45) is 4.76. The van der Waals surface area contributed by atoms with Crippen molar-refractivity contribution < 1.29 is 9.59 Å². The minimum absolute atomic E-state index is 0.253. The number of nitrogens with zero attached hydrogens (tertiary/aromatic N) is 3. The summed E-state index contributed by atoms with van der Waals surface area (Å²) in [5, 5.41) is 4.87. The molecule has 0 saturated carbocycles.